The van der Waals surface area contributed by atoms with Crippen molar-refractivity contribution in [1.82, 2.24) is 4.72 Å². The molecular weight excluding hydrogens is 408 g/mol. The van der Waals surface area contributed by atoms with Crippen LogP contribution in [0.5, 0.6) is 5.75 Å². The summed E-state index contributed by atoms with van der Waals surface area (Å²) in [5.74, 6) is -0.731. The van der Waals surface area contributed by atoms with Crippen molar-refractivity contribution in [3.8, 4) is 5.75 Å². The van der Waals surface area contributed by atoms with E-state index in [1.54, 1.807) is 36.4 Å². The lowest BCUT2D eigenvalue weighted by atomic mass is 10.2. The molecule has 0 aliphatic heterocycles. The summed E-state index contributed by atoms with van der Waals surface area (Å²) in [7, 11) is -3.90. The molecule has 0 aliphatic rings. The Balaban J connectivity index is 1.91. The molecule has 0 heterocycles. The first kappa shape index (κ1) is 23.4. The van der Waals surface area contributed by atoms with Crippen molar-refractivity contribution < 1.29 is 27.5 Å². The van der Waals surface area contributed by atoms with E-state index in [0.29, 0.717) is 18.0 Å². The Morgan fingerprint density at radius 3 is 2.17 bits per heavy atom. The van der Waals surface area contributed by atoms with Crippen LogP contribution in [0.2, 0.25) is 0 Å². The van der Waals surface area contributed by atoms with E-state index < -0.39 is 34.0 Å². The lowest BCUT2D eigenvalue weighted by Crippen LogP contribution is -2.42. The number of amides is 1. The highest BCUT2D eigenvalue weighted by atomic mass is 32.2. The van der Waals surface area contributed by atoms with Gasteiger partial charge in [-0.1, -0.05) is 17.7 Å². The zero-order valence-electron chi connectivity index (χ0n) is 17.3. The van der Waals surface area contributed by atoms with Gasteiger partial charge in [-0.05, 0) is 64.1 Å². The Bertz CT molecular complexity index is 972. The quantitative estimate of drug-likeness (QED) is 0.587. The number of hydrogen-bond acceptors (Lipinski definition) is 6. The SMILES string of the molecule is CCOc1ccc(NC(=O)C(C)OC(=O)[C@H](C)NS(=O)(=O)c2ccc(C)cc2)cc1. The van der Waals surface area contributed by atoms with Crippen molar-refractivity contribution in [2.75, 3.05) is 11.9 Å². The van der Waals surface area contributed by atoms with Gasteiger partial charge in [-0.15, -0.1) is 0 Å². The normalized spacial score (nSPS) is 13.2. The van der Waals surface area contributed by atoms with Crippen LogP contribution in [0.25, 0.3) is 0 Å². The molecule has 9 heteroatoms. The maximum atomic E-state index is 12.4. The van der Waals surface area contributed by atoms with Gasteiger partial charge in [0.25, 0.3) is 5.91 Å². The Morgan fingerprint density at radius 2 is 1.60 bits per heavy atom. The molecule has 162 valence electrons. The number of aryl methyl sites for hydroxylation is 1. The third-order valence-electron chi connectivity index (χ3n) is 4.11. The number of esters is 1. The molecule has 0 spiro atoms. The smallest absolute Gasteiger partial charge is 0.324 e. The third-order valence-corrected chi connectivity index (χ3v) is 5.67. The lowest BCUT2D eigenvalue weighted by Gasteiger charge is -2.18. The van der Waals surface area contributed by atoms with Crippen molar-refractivity contribution in [3.05, 3.63) is 54.1 Å². The van der Waals surface area contributed by atoms with Gasteiger partial charge in [0, 0.05) is 5.69 Å². The number of carbonyl (C=O) groups excluding carboxylic acids is 2. The molecule has 0 aromatic heterocycles. The second kappa shape index (κ2) is 10.2. The van der Waals surface area contributed by atoms with Gasteiger partial charge in [0.15, 0.2) is 6.10 Å². The van der Waals surface area contributed by atoms with Crippen molar-refractivity contribution >= 4 is 27.6 Å². The van der Waals surface area contributed by atoms with E-state index in [4.69, 9.17) is 9.47 Å². The summed E-state index contributed by atoms with van der Waals surface area (Å²) in [4.78, 5) is 24.5. The Kier molecular flexibility index (Phi) is 7.96. The highest BCUT2D eigenvalue weighted by Gasteiger charge is 2.26. The predicted molar refractivity (Wildman–Crippen MR) is 113 cm³/mol. The van der Waals surface area contributed by atoms with Crippen LogP contribution < -0.4 is 14.8 Å². The maximum Gasteiger partial charge on any atom is 0.324 e. The molecular formula is C21H26N2O6S. The average Bonchev–Trinajstić information content (AvgIpc) is 2.69. The second-order valence-electron chi connectivity index (χ2n) is 6.68. The molecule has 1 amide bonds. The number of sulfonamides is 1. The number of carbonyl (C=O) groups is 2. The number of ether oxygens (including phenoxy) is 2. The van der Waals surface area contributed by atoms with Gasteiger partial charge in [0.05, 0.1) is 11.5 Å². The van der Waals surface area contributed by atoms with E-state index in [-0.39, 0.29) is 4.90 Å². The summed E-state index contributed by atoms with van der Waals surface area (Å²) in [5.41, 5.74) is 1.42. The Hall–Kier alpha value is -2.91. The first-order valence-electron chi connectivity index (χ1n) is 9.45. The van der Waals surface area contributed by atoms with Crippen LogP contribution in [-0.2, 0) is 24.3 Å². The largest absolute Gasteiger partial charge is 0.494 e. The molecule has 2 atom stereocenters. The van der Waals surface area contributed by atoms with Gasteiger partial charge < -0.3 is 14.8 Å². The van der Waals surface area contributed by atoms with Crippen LogP contribution >= 0.6 is 0 Å². The summed E-state index contributed by atoms with van der Waals surface area (Å²) in [5, 5.41) is 2.62. The summed E-state index contributed by atoms with van der Waals surface area (Å²) < 4.78 is 37.5. The van der Waals surface area contributed by atoms with Gasteiger partial charge in [0.1, 0.15) is 11.8 Å². The van der Waals surface area contributed by atoms with Crippen LogP contribution in [0.1, 0.15) is 26.3 Å². The van der Waals surface area contributed by atoms with E-state index in [2.05, 4.69) is 10.0 Å². The number of nitrogens with one attached hydrogen (secondary N) is 2. The first-order valence-corrected chi connectivity index (χ1v) is 10.9. The topological polar surface area (TPSA) is 111 Å². The van der Waals surface area contributed by atoms with Gasteiger partial charge in [-0.25, -0.2) is 8.42 Å². The molecule has 30 heavy (non-hydrogen) atoms. The molecule has 2 rings (SSSR count). The zero-order chi connectivity index (χ0) is 22.3. The first-order chi connectivity index (χ1) is 14.1. The van der Waals surface area contributed by atoms with E-state index in [9.17, 15) is 18.0 Å². The maximum absolute atomic E-state index is 12.4. The summed E-state index contributed by atoms with van der Waals surface area (Å²) in [6.45, 7) is 7.00. The fraction of sp³-hybridized carbons (Fsp3) is 0.333. The molecule has 2 N–H and O–H groups in total. The molecule has 2 aromatic carbocycles. The molecule has 1 unspecified atom stereocenters. The van der Waals surface area contributed by atoms with Crippen molar-refractivity contribution in [1.29, 1.82) is 0 Å². The number of benzene rings is 2. The van der Waals surface area contributed by atoms with Crippen LogP contribution in [0.15, 0.2) is 53.4 Å². The highest BCUT2D eigenvalue weighted by molar-refractivity contribution is 7.89. The molecule has 8 nitrogen and oxygen atoms in total. The highest BCUT2D eigenvalue weighted by Crippen LogP contribution is 2.16. The molecule has 0 bridgehead atoms. The minimum Gasteiger partial charge on any atom is -0.494 e. The Labute approximate surface area is 176 Å². The van der Waals surface area contributed by atoms with Crippen LogP contribution in [0.4, 0.5) is 5.69 Å². The van der Waals surface area contributed by atoms with Crippen molar-refractivity contribution in [3.63, 3.8) is 0 Å². The second-order valence-corrected chi connectivity index (χ2v) is 8.40. The third kappa shape index (κ3) is 6.57. The molecule has 0 fully saturated rings. The zero-order valence-corrected chi connectivity index (χ0v) is 18.2. The molecule has 0 saturated heterocycles. The van der Waals surface area contributed by atoms with Crippen molar-refractivity contribution in [2.45, 2.75) is 44.7 Å². The standard InChI is InChI=1S/C21H26N2O6S/c1-5-28-18-10-8-17(9-11-18)22-20(24)16(4)29-21(25)15(3)23-30(26,27)19-12-6-14(2)7-13-19/h6-13,15-16,23H,5H2,1-4H3,(H,22,24)/t15-,16?/m0/s1. The van der Waals surface area contributed by atoms with Crippen molar-refractivity contribution in [2.24, 2.45) is 0 Å². The summed E-state index contributed by atoms with van der Waals surface area (Å²) in [6.07, 6.45) is -1.12. The fourth-order valence-corrected chi connectivity index (χ4v) is 3.63. The molecule has 0 saturated carbocycles. The summed E-state index contributed by atoms with van der Waals surface area (Å²) in [6, 6.07) is 11.8. The van der Waals surface area contributed by atoms with Gasteiger partial charge >= 0.3 is 5.97 Å². The minimum absolute atomic E-state index is 0.0361. The predicted octanol–water partition coefficient (Wildman–Crippen LogP) is 2.63. The van der Waals surface area contributed by atoms with E-state index in [1.165, 1.54) is 26.0 Å². The lowest BCUT2D eigenvalue weighted by molar-refractivity contribution is -0.154. The van der Waals surface area contributed by atoms with Gasteiger partial charge in [-0.2, -0.15) is 4.72 Å². The van der Waals surface area contributed by atoms with Crippen LogP contribution in [-0.4, -0.2) is 39.0 Å². The minimum atomic E-state index is -3.90. The van der Waals surface area contributed by atoms with E-state index in [0.717, 1.165) is 5.56 Å². The van der Waals surface area contributed by atoms with Gasteiger partial charge in [0.2, 0.25) is 10.0 Å². The molecule has 0 radical (unpaired) electrons. The van der Waals surface area contributed by atoms with Gasteiger partial charge in [-0.3, -0.25) is 9.59 Å². The van der Waals surface area contributed by atoms with Crippen LogP contribution in [0.3, 0.4) is 0 Å². The van der Waals surface area contributed by atoms with E-state index >= 15 is 0 Å². The number of hydrogen-bond donors (Lipinski definition) is 2. The summed E-state index contributed by atoms with van der Waals surface area (Å²) >= 11 is 0. The average molecular weight is 435 g/mol. The number of rotatable bonds is 9. The number of anilines is 1. The fourth-order valence-electron chi connectivity index (χ4n) is 2.44. The van der Waals surface area contributed by atoms with Crippen LogP contribution in [0, 0.1) is 6.92 Å². The molecule has 0 aliphatic carbocycles. The van der Waals surface area contributed by atoms with E-state index in [1.807, 2.05) is 13.8 Å². The monoisotopic (exact) mass is 434 g/mol. The molecule has 2 aromatic rings. The Morgan fingerprint density at radius 1 is 1.00 bits per heavy atom.